The zero-order valence-corrected chi connectivity index (χ0v) is 12.7. The van der Waals surface area contributed by atoms with Crippen LogP contribution in [0.15, 0.2) is 24.3 Å². The molecule has 2 atom stereocenters. The monoisotopic (exact) mass is 304 g/mol. The number of fused-ring (bicyclic) bond motifs is 1. The molecular weight excluding hydrogens is 284 g/mol. The van der Waals surface area contributed by atoms with Crippen LogP contribution in [0.1, 0.15) is 17.4 Å². The topological polar surface area (TPSA) is 74.8 Å². The summed E-state index contributed by atoms with van der Waals surface area (Å²) in [5, 5.41) is 10.9. The number of aromatic nitrogens is 1. The summed E-state index contributed by atoms with van der Waals surface area (Å²) in [6.45, 7) is 3.06. The molecule has 1 aromatic carbocycles. The number of ether oxygens (including phenoxy) is 2. The second-order valence-electron chi connectivity index (χ2n) is 5.40. The molecular formula is C16H20N2O4. The SMILES string of the molecule is CCN(C(=O)c1cc2cc(OC)ccc2[nH]1)[C@H]1COC[C@@H]1O. The zero-order chi connectivity index (χ0) is 15.7. The molecule has 0 aliphatic carbocycles. The summed E-state index contributed by atoms with van der Waals surface area (Å²) in [5.74, 6) is 0.615. The van der Waals surface area contributed by atoms with Crippen LogP contribution in [-0.4, -0.2) is 59.9 Å². The van der Waals surface area contributed by atoms with Crippen molar-refractivity contribution in [2.75, 3.05) is 26.9 Å². The molecule has 0 radical (unpaired) electrons. The standard InChI is InChI=1S/C16H20N2O4/c1-3-18(14-8-22-9-15(14)19)16(20)13-7-10-6-11(21-2)4-5-12(10)17-13/h4-7,14-15,17,19H,3,8-9H2,1-2H3/t14-,15-/m0/s1. The maximum Gasteiger partial charge on any atom is 0.270 e. The average Bonchev–Trinajstić information content (AvgIpc) is 3.13. The number of hydrogen-bond acceptors (Lipinski definition) is 4. The Hall–Kier alpha value is -2.05. The fourth-order valence-electron chi connectivity index (χ4n) is 2.87. The molecule has 6 heteroatoms. The first-order valence-electron chi connectivity index (χ1n) is 7.37. The molecule has 1 aliphatic rings. The Labute approximate surface area is 128 Å². The van der Waals surface area contributed by atoms with Gasteiger partial charge in [-0.25, -0.2) is 0 Å². The van der Waals surface area contributed by atoms with Crippen molar-refractivity contribution in [2.45, 2.75) is 19.1 Å². The van der Waals surface area contributed by atoms with E-state index < -0.39 is 6.10 Å². The lowest BCUT2D eigenvalue weighted by Gasteiger charge is -2.28. The van der Waals surface area contributed by atoms with Gasteiger partial charge in [-0.1, -0.05) is 0 Å². The van der Waals surface area contributed by atoms with Gasteiger partial charge < -0.3 is 24.5 Å². The maximum absolute atomic E-state index is 12.7. The van der Waals surface area contributed by atoms with Gasteiger partial charge in [0.15, 0.2) is 0 Å². The van der Waals surface area contributed by atoms with E-state index in [0.29, 0.717) is 18.8 Å². The molecule has 22 heavy (non-hydrogen) atoms. The number of rotatable bonds is 4. The predicted octanol–water partition coefficient (Wildman–Crippen LogP) is 1.40. The highest BCUT2D eigenvalue weighted by Crippen LogP contribution is 2.23. The lowest BCUT2D eigenvalue weighted by Crippen LogP contribution is -2.46. The number of carbonyl (C=O) groups is 1. The zero-order valence-electron chi connectivity index (χ0n) is 12.7. The Morgan fingerprint density at radius 1 is 1.45 bits per heavy atom. The van der Waals surface area contributed by atoms with E-state index in [9.17, 15) is 9.90 Å². The second-order valence-corrected chi connectivity index (χ2v) is 5.40. The molecule has 3 rings (SSSR count). The average molecular weight is 304 g/mol. The molecule has 0 bridgehead atoms. The van der Waals surface area contributed by atoms with E-state index in [0.717, 1.165) is 16.7 Å². The quantitative estimate of drug-likeness (QED) is 0.895. The van der Waals surface area contributed by atoms with Crippen molar-refractivity contribution in [1.82, 2.24) is 9.88 Å². The van der Waals surface area contributed by atoms with E-state index in [1.54, 1.807) is 12.0 Å². The lowest BCUT2D eigenvalue weighted by molar-refractivity contribution is 0.0516. The fraction of sp³-hybridized carbons (Fsp3) is 0.438. The number of aliphatic hydroxyl groups is 1. The third-order valence-electron chi connectivity index (χ3n) is 4.08. The highest BCUT2D eigenvalue weighted by atomic mass is 16.5. The first-order valence-corrected chi connectivity index (χ1v) is 7.37. The number of carbonyl (C=O) groups excluding carboxylic acids is 1. The molecule has 1 amide bonds. The number of aliphatic hydroxyl groups excluding tert-OH is 1. The molecule has 6 nitrogen and oxygen atoms in total. The Morgan fingerprint density at radius 2 is 2.27 bits per heavy atom. The van der Waals surface area contributed by atoms with Crippen LogP contribution in [0.2, 0.25) is 0 Å². The van der Waals surface area contributed by atoms with Crippen molar-refractivity contribution in [3.8, 4) is 5.75 Å². The van der Waals surface area contributed by atoms with Crippen LogP contribution in [0.3, 0.4) is 0 Å². The summed E-state index contributed by atoms with van der Waals surface area (Å²) in [4.78, 5) is 17.5. The first kappa shape index (κ1) is 14.9. The third-order valence-corrected chi connectivity index (χ3v) is 4.08. The minimum Gasteiger partial charge on any atom is -0.497 e. The number of amides is 1. The Morgan fingerprint density at radius 3 is 2.91 bits per heavy atom. The van der Waals surface area contributed by atoms with Gasteiger partial charge in [0.1, 0.15) is 11.4 Å². The molecule has 2 aromatic rings. The number of nitrogens with one attached hydrogen (secondary N) is 1. The van der Waals surface area contributed by atoms with E-state index in [1.165, 1.54) is 0 Å². The van der Waals surface area contributed by atoms with Crippen LogP contribution in [0.5, 0.6) is 5.75 Å². The van der Waals surface area contributed by atoms with Gasteiger partial charge in [-0.2, -0.15) is 0 Å². The van der Waals surface area contributed by atoms with Crippen LogP contribution < -0.4 is 4.74 Å². The molecule has 0 unspecified atom stereocenters. The number of H-pyrrole nitrogens is 1. The highest BCUT2D eigenvalue weighted by molar-refractivity contribution is 5.98. The number of benzene rings is 1. The molecule has 1 saturated heterocycles. The second kappa shape index (κ2) is 5.98. The van der Waals surface area contributed by atoms with Gasteiger partial charge in [-0.15, -0.1) is 0 Å². The minimum absolute atomic E-state index is 0.132. The van der Waals surface area contributed by atoms with Crippen molar-refractivity contribution in [2.24, 2.45) is 0 Å². The minimum atomic E-state index is -0.631. The Bertz CT molecular complexity index is 682. The third kappa shape index (κ3) is 2.55. The molecule has 2 heterocycles. The van der Waals surface area contributed by atoms with Crippen LogP contribution in [-0.2, 0) is 4.74 Å². The number of methoxy groups -OCH3 is 1. The predicted molar refractivity (Wildman–Crippen MR) is 82.2 cm³/mol. The maximum atomic E-state index is 12.7. The number of hydrogen-bond donors (Lipinski definition) is 2. The number of nitrogens with zero attached hydrogens (tertiary/aromatic N) is 1. The van der Waals surface area contributed by atoms with Crippen molar-refractivity contribution < 1.29 is 19.4 Å². The summed E-state index contributed by atoms with van der Waals surface area (Å²) in [6.07, 6.45) is -0.631. The molecule has 1 aliphatic heterocycles. The van der Waals surface area contributed by atoms with Gasteiger partial charge in [0, 0.05) is 17.4 Å². The molecule has 1 aromatic heterocycles. The smallest absolute Gasteiger partial charge is 0.270 e. The van der Waals surface area contributed by atoms with Crippen LogP contribution >= 0.6 is 0 Å². The molecule has 118 valence electrons. The van der Waals surface area contributed by atoms with Gasteiger partial charge in [0.2, 0.25) is 0 Å². The highest BCUT2D eigenvalue weighted by Gasteiger charge is 2.34. The van der Waals surface area contributed by atoms with Crippen LogP contribution in [0.25, 0.3) is 10.9 Å². The summed E-state index contributed by atoms with van der Waals surface area (Å²) in [7, 11) is 1.61. The number of aromatic amines is 1. The molecule has 0 spiro atoms. The van der Waals surface area contributed by atoms with Crippen molar-refractivity contribution in [3.63, 3.8) is 0 Å². The summed E-state index contributed by atoms with van der Waals surface area (Å²) >= 11 is 0. The fourth-order valence-corrected chi connectivity index (χ4v) is 2.87. The Kier molecular flexibility index (Phi) is 4.04. The van der Waals surface area contributed by atoms with E-state index in [-0.39, 0.29) is 18.6 Å². The largest absolute Gasteiger partial charge is 0.497 e. The summed E-state index contributed by atoms with van der Waals surface area (Å²) in [6, 6.07) is 7.13. The van der Waals surface area contributed by atoms with Crippen LogP contribution in [0.4, 0.5) is 0 Å². The molecule has 1 fully saturated rings. The van der Waals surface area contributed by atoms with Gasteiger partial charge in [0.05, 0.1) is 32.5 Å². The van der Waals surface area contributed by atoms with Gasteiger partial charge in [0.25, 0.3) is 5.91 Å². The lowest BCUT2D eigenvalue weighted by atomic mass is 10.1. The molecule has 2 N–H and O–H groups in total. The van der Waals surface area contributed by atoms with E-state index in [1.807, 2.05) is 31.2 Å². The van der Waals surface area contributed by atoms with E-state index in [2.05, 4.69) is 4.98 Å². The van der Waals surface area contributed by atoms with Gasteiger partial charge in [-0.3, -0.25) is 4.79 Å². The van der Waals surface area contributed by atoms with Crippen molar-refractivity contribution >= 4 is 16.8 Å². The summed E-state index contributed by atoms with van der Waals surface area (Å²) < 4.78 is 10.5. The van der Waals surface area contributed by atoms with E-state index in [4.69, 9.17) is 9.47 Å². The van der Waals surface area contributed by atoms with Crippen LogP contribution in [0, 0.1) is 0 Å². The van der Waals surface area contributed by atoms with E-state index >= 15 is 0 Å². The normalized spacial score (nSPS) is 21.2. The Balaban J connectivity index is 1.90. The van der Waals surface area contributed by atoms with Gasteiger partial charge in [-0.05, 0) is 31.2 Å². The molecule has 0 saturated carbocycles. The number of likely N-dealkylation sites (N-methyl/N-ethyl adjacent to an activating group) is 1. The van der Waals surface area contributed by atoms with Crippen molar-refractivity contribution in [1.29, 1.82) is 0 Å². The summed E-state index contributed by atoms with van der Waals surface area (Å²) in [5.41, 5.74) is 1.38. The van der Waals surface area contributed by atoms with Gasteiger partial charge >= 0.3 is 0 Å². The first-order chi connectivity index (χ1) is 10.6. The van der Waals surface area contributed by atoms with Crippen molar-refractivity contribution in [3.05, 3.63) is 30.0 Å².